The lowest BCUT2D eigenvalue weighted by molar-refractivity contribution is 0.668. The molecular formula is C5H9Cl2NSi. The van der Waals surface area contributed by atoms with Crippen molar-refractivity contribution in [2.24, 2.45) is 5.92 Å². The molecule has 0 saturated heterocycles. The third-order valence-electron chi connectivity index (χ3n) is 1.02. The van der Waals surface area contributed by atoms with Gasteiger partial charge in [-0.05, 0) is 12.0 Å². The van der Waals surface area contributed by atoms with Gasteiger partial charge in [0.1, 0.15) is 0 Å². The number of nitrogens with zero attached hydrogens (tertiary/aromatic N) is 1. The van der Waals surface area contributed by atoms with Gasteiger partial charge in [0.15, 0.2) is 0 Å². The van der Waals surface area contributed by atoms with Crippen LogP contribution in [0.4, 0.5) is 0 Å². The third kappa shape index (κ3) is 6.17. The molecule has 0 aliphatic heterocycles. The molecule has 9 heavy (non-hydrogen) atoms. The molecule has 0 aromatic rings. The van der Waals surface area contributed by atoms with Crippen molar-refractivity contribution in [1.29, 1.82) is 5.26 Å². The van der Waals surface area contributed by atoms with E-state index >= 15 is 0 Å². The molecule has 0 spiro atoms. The zero-order chi connectivity index (χ0) is 7.28. The molecule has 0 N–H and O–H groups in total. The van der Waals surface area contributed by atoms with Crippen LogP contribution in [0.15, 0.2) is 0 Å². The van der Waals surface area contributed by atoms with Crippen molar-refractivity contribution in [2.75, 3.05) is 0 Å². The largest absolute Gasteiger partial charge is 0.237 e. The summed E-state index contributed by atoms with van der Waals surface area (Å²) in [7, 11) is -1.47. The summed E-state index contributed by atoms with van der Waals surface area (Å²) in [5.74, 6) is 0.377. The Kier molecular flexibility index (Phi) is 5.26. The Morgan fingerprint density at radius 3 is 2.56 bits per heavy atom. The number of hydrogen-bond acceptors (Lipinski definition) is 1. The van der Waals surface area contributed by atoms with E-state index in [1.807, 2.05) is 6.92 Å². The first-order valence-electron chi connectivity index (χ1n) is 2.82. The van der Waals surface area contributed by atoms with Crippen LogP contribution in [0.1, 0.15) is 13.3 Å². The molecule has 0 saturated carbocycles. The lowest BCUT2D eigenvalue weighted by Crippen LogP contribution is -2.00. The predicted octanol–water partition coefficient (Wildman–Crippen LogP) is 2.23. The molecule has 1 atom stereocenters. The highest BCUT2D eigenvalue weighted by atomic mass is 35.7. The van der Waals surface area contributed by atoms with E-state index in [9.17, 15) is 0 Å². The molecule has 0 fully saturated rings. The van der Waals surface area contributed by atoms with Crippen molar-refractivity contribution in [3.63, 3.8) is 0 Å². The highest BCUT2D eigenvalue weighted by molar-refractivity contribution is 7.33. The predicted molar refractivity (Wildman–Crippen MR) is 43.1 cm³/mol. The van der Waals surface area contributed by atoms with E-state index in [2.05, 4.69) is 6.07 Å². The maximum Gasteiger partial charge on any atom is 0.237 e. The third-order valence-corrected chi connectivity index (χ3v) is 3.25. The Hall–Kier alpha value is 0.287. The average Bonchev–Trinajstić information content (AvgIpc) is 1.63. The van der Waals surface area contributed by atoms with Crippen molar-refractivity contribution >= 4 is 29.6 Å². The van der Waals surface area contributed by atoms with Crippen molar-refractivity contribution in [3.8, 4) is 6.07 Å². The van der Waals surface area contributed by atoms with Gasteiger partial charge in [0.2, 0.25) is 7.42 Å². The maximum atomic E-state index is 8.23. The van der Waals surface area contributed by atoms with Crippen LogP contribution in [0, 0.1) is 17.2 Å². The lowest BCUT2D eigenvalue weighted by atomic mass is 10.2. The van der Waals surface area contributed by atoms with Crippen molar-refractivity contribution in [1.82, 2.24) is 0 Å². The van der Waals surface area contributed by atoms with Gasteiger partial charge in [0.25, 0.3) is 0 Å². The molecule has 0 aromatic heterocycles. The second-order valence-electron chi connectivity index (χ2n) is 2.09. The summed E-state index contributed by atoms with van der Waals surface area (Å²) >= 11 is 11.2. The first-order valence-corrected chi connectivity index (χ1v) is 7.12. The topological polar surface area (TPSA) is 23.8 Å². The molecule has 0 amide bonds. The van der Waals surface area contributed by atoms with Crippen LogP contribution in [0.2, 0.25) is 6.04 Å². The highest BCUT2D eigenvalue weighted by Crippen LogP contribution is 2.14. The van der Waals surface area contributed by atoms with Gasteiger partial charge in [0.05, 0.1) is 6.07 Å². The van der Waals surface area contributed by atoms with Gasteiger partial charge >= 0.3 is 0 Å². The molecule has 0 rings (SSSR count). The van der Waals surface area contributed by atoms with E-state index in [0.717, 1.165) is 6.04 Å². The smallest absolute Gasteiger partial charge is 0.198 e. The summed E-state index contributed by atoms with van der Waals surface area (Å²) in [6.07, 6.45) is 0.572. The molecule has 52 valence electrons. The van der Waals surface area contributed by atoms with Crippen LogP contribution in [-0.2, 0) is 0 Å². The van der Waals surface area contributed by atoms with E-state index < -0.39 is 7.42 Å². The fourth-order valence-corrected chi connectivity index (χ4v) is 3.14. The van der Waals surface area contributed by atoms with Crippen LogP contribution >= 0.6 is 22.2 Å². The Labute approximate surface area is 66.6 Å². The summed E-state index contributed by atoms with van der Waals surface area (Å²) in [6, 6.07) is 2.92. The molecule has 0 aliphatic rings. The van der Waals surface area contributed by atoms with Crippen LogP contribution < -0.4 is 0 Å². The molecule has 1 nitrogen and oxygen atoms in total. The second-order valence-corrected chi connectivity index (χ2v) is 7.18. The van der Waals surface area contributed by atoms with Crippen molar-refractivity contribution < 1.29 is 0 Å². The van der Waals surface area contributed by atoms with E-state index in [-0.39, 0.29) is 0 Å². The van der Waals surface area contributed by atoms with Gasteiger partial charge in [0, 0.05) is 6.42 Å². The van der Waals surface area contributed by atoms with Gasteiger partial charge in [-0.3, -0.25) is 0 Å². The Morgan fingerprint density at radius 2 is 2.22 bits per heavy atom. The number of rotatable bonds is 3. The zero-order valence-corrected chi connectivity index (χ0v) is 7.94. The molecule has 4 heteroatoms. The molecule has 0 bridgehead atoms. The first-order chi connectivity index (χ1) is 4.16. The number of halogens is 2. The standard InChI is InChI=1S/C5H9Cl2NSi/c1-5(2-3-8)4-9(6)7/h5,9H,2,4H2,1H3. The van der Waals surface area contributed by atoms with Crippen LogP contribution in [0.25, 0.3) is 0 Å². The average molecular weight is 182 g/mol. The van der Waals surface area contributed by atoms with Gasteiger partial charge in [-0.25, -0.2) is 0 Å². The van der Waals surface area contributed by atoms with Crippen LogP contribution in [0.3, 0.4) is 0 Å². The van der Waals surface area contributed by atoms with Crippen LogP contribution in [-0.4, -0.2) is 7.42 Å². The number of nitriles is 1. The molecule has 0 heterocycles. The lowest BCUT2D eigenvalue weighted by Gasteiger charge is -2.03. The molecular weight excluding hydrogens is 173 g/mol. The van der Waals surface area contributed by atoms with Crippen molar-refractivity contribution in [2.45, 2.75) is 19.4 Å². The summed E-state index contributed by atoms with van der Waals surface area (Å²) in [4.78, 5) is 0. The minimum absolute atomic E-state index is 0.377. The fraction of sp³-hybridized carbons (Fsp3) is 0.800. The minimum atomic E-state index is -1.47. The summed E-state index contributed by atoms with van der Waals surface area (Å²) in [5.41, 5.74) is 0. The molecule has 1 unspecified atom stereocenters. The van der Waals surface area contributed by atoms with Gasteiger partial charge in [-0.15, -0.1) is 0 Å². The van der Waals surface area contributed by atoms with Gasteiger partial charge in [-0.1, -0.05) is 6.92 Å². The maximum absolute atomic E-state index is 8.23. The Bertz CT molecular complexity index is 110. The SMILES string of the molecule is CC(CC#N)C[SiH](Cl)Cl. The Balaban J connectivity index is 3.29. The quantitative estimate of drug-likeness (QED) is 0.485. The monoisotopic (exact) mass is 181 g/mol. The number of hydrogen-bond donors (Lipinski definition) is 0. The Morgan fingerprint density at radius 1 is 1.67 bits per heavy atom. The van der Waals surface area contributed by atoms with E-state index in [0.29, 0.717) is 12.3 Å². The molecule has 0 radical (unpaired) electrons. The summed E-state index contributed by atoms with van der Waals surface area (Å²) in [5, 5.41) is 8.23. The normalized spacial score (nSPS) is 13.2. The summed E-state index contributed by atoms with van der Waals surface area (Å²) in [6.45, 7) is 1.99. The van der Waals surface area contributed by atoms with Crippen molar-refractivity contribution in [3.05, 3.63) is 0 Å². The van der Waals surface area contributed by atoms with E-state index in [4.69, 9.17) is 27.4 Å². The van der Waals surface area contributed by atoms with Crippen LogP contribution in [0.5, 0.6) is 0 Å². The second kappa shape index (κ2) is 5.10. The summed E-state index contributed by atoms with van der Waals surface area (Å²) < 4.78 is 0. The van der Waals surface area contributed by atoms with Gasteiger partial charge < -0.3 is 0 Å². The van der Waals surface area contributed by atoms with Gasteiger partial charge in [-0.2, -0.15) is 27.4 Å². The van der Waals surface area contributed by atoms with E-state index in [1.165, 1.54) is 0 Å². The fourth-order valence-electron chi connectivity index (χ4n) is 0.543. The minimum Gasteiger partial charge on any atom is -0.198 e. The highest BCUT2D eigenvalue weighted by Gasteiger charge is 2.08. The molecule has 0 aromatic carbocycles. The zero-order valence-electron chi connectivity index (χ0n) is 5.27. The molecule has 0 aliphatic carbocycles. The van der Waals surface area contributed by atoms with E-state index in [1.54, 1.807) is 0 Å². The first kappa shape index (κ1) is 9.29.